The number of carbonyl (C=O) groups is 1. The molecule has 0 unspecified atom stereocenters. The highest BCUT2D eigenvalue weighted by atomic mass is 32.2. The van der Waals surface area contributed by atoms with Crippen molar-refractivity contribution in [3.63, 3.8) is 0 Å². The molecule has 0 N–H and O–H groups in total. The van der Waals surface area contributed by atoms with Crippen LogP contribution >= 0.6 is 0 Å². The Labute approximate surface area is 120 Å². The van der Waals surface area contributed by atoms with E-state index in [2.05, 4.69) is 4.74 Å². The number of likely N-dealkylation sites (N-methyl/N-ethyl adjacent to an activating group) is 1. The standard InChI is InChI=1S/C13H20N2O4S/c1-14(2)20(17,18)12-7-5-6-11(8-12)9-15(3)10-13(16)19-4/h5-8H,9-10H2,1-4H3. The lowest BCUT2D eigenvalue weighted by atomic mass is 10.2. The van der Waals surface area contributed by atoms with Gasteiger partial charge in [-0.1, -0.05) is 12.1 Å². The number of methoxy groups -OCH3 is 1. The first-order valence-corrected chi connectivity index (χ1v) is 7.48. The summed E-state index contributed by atoms with van der Waals surface area (Å²) in [5.41, 5.74) is 0.819. The molecule has 20 heavy (non-hydrogen) atoms. The van der Waals surface area contributed by atoms with E-state index in [9.17, 15) is 13.2 Å². The van der Waals surface area contributed by atoms with Gasteiger partial charge in [-0.25, -0.2) is 12.7 Å². The van der Waals surface area contributed by atoms with E-state index >= 15 is 0 Å². The maximum absolute atomic E-state index is 12.0. The molecule has 1 rings (SSSR count). The third-order valence-electron chi connectivity index (χ3n) is 2.76. The lowest BCUT2D eigenvalue weighted by Crippen LogP contribution is -2.26. The monoisotopic (exact) mass is 300 g/mol. The second-order valence-corrected chi connectivity index (χ2v) is 6.84. The molecular weight excluding hydrogens is 280 g/mol. The van der Waals surface area contributed by atoms with Crippen LogP contribution in [0.5, 0.6) is 0 Å². The Morgan fingerprint density at radius 2 is 1.90 bits per heavy atom. The van der Waals surface area contributed by atoms with Crippen LogP contribution in [-0.2, 0) is 26.1 Å². The molecule has 0 aliphatic rings. The number of hydrogen-bond acceptors (Lipinski definition) is 5. The van der Waals surface area contributed by atoms with Gasteiger partial charge in [0.15, 0.2) is 0 Å². The van der Waals surface area contributed by atoms with Gasteiger partial charge in [-0.15, -0.1) is 0 Å². The fraction of sp³-hybridized carbons (Fsp3) is 0.462. The van der Waals surface area contributed by atoms with Crippen molar-refractivity contribution in [3.05, 3.63) is 29.8 Å². The normalized spacial score (nSPS) is 11.9. The topological polar surface area (TPSA) is 66.9 Å². The molecule has 0 saturated carbocycles. The van der Waals surface area contributed by atoms with Gasteiger partial charge in [-0.05, 0) is 24.7 Å². The maximum atomic E-state index is 12.0. The van der Waals surface area contributed by atoms with E-state index in [0.717, 1.165) is 5.56 Å². The smallest absolute Gasteiger partial charge is 0.319 e. The number of esters is 1. The Kier molecular flexibility index (Phi) is 5.67. The van der Waals surface area contributed by atoms with Gasteiger partial charge in [-0.2, -0.15) is 0 Å². The van der Waals surface area contributed by atoms with E-state index in [1.54, 1.807) is 30.1 Å². The van der Waals surface area contributed by atoms with Crippen LogP contribution in [0, 0.1) is 0 Å². The number of carbonyl (C=O) groups excluding carboxylic acids is 1. The number of benzene rings is 1. The van der Waals surface area contributed by atoms with Crippen molar-refractivity contribution in [3.8, 4) is 0 Å². The van der Waals surface area contributed by atoms with Crippen molar-refractivity contribution in [2.45, 2.75) is 11.4 Å². The average Bonchev–Trinajstić information content (AvgIpc) is 2.38. The Morgan fingerprint density at radius 3 is 2.45 bits per heavy atom. The average molecular weight is 300 g/mol. The van der Waals surface area contributed by atoms with Gasteiger partial charge < -0.3 is 4.74 Å². The molecule has 6 nitrogen and oxygen atoms in total. The van der Waals surface area contributed by atoms with Crippen molar-refractivity contribution in [1.82, 2.24) is 9.21 Å². The van der Waals surface area contributed by atoms with E-state index in [1.807, 2.05) is 6.07 Å². The Hall–Kier alpha value is -1.44. The quantitative estimate of drug-likeness (QED) is 0.717. The second kappa shape index (κ2) is 6.83. The fourth-order valence-corrected chi connectivity index (χ4v) is 2.64. The molecule has 0 bridgehead atoms. The lowest BCUT2D eigenvalue weighted by Gasteiger charge is -2.16. The first kappa shape index (κ1) is 16.6. The van der Waals surface area contributed by atoms with E-state index in [1.165, 1.54) is 25.5 Å². The molecule has 0 atom stereocenters. The van der Waals surface area contributed by atoms with Crippen molar-refractivity contribution >= 4 is 16.0 Å². The largest absolute Gasteiger partial charge is 0.468 e. The van der Waals surface area contributed by atoms with Crippen LogP contribution in [0.15, 0.2) is 29.2 Å². The summed E-state index contributed by atoms with van der Waals surface area (Å²) in [7, 11) is 2.64. The van der Waals surface area contributed by atoms with E-state index < -0.39 is 10.0 Å². The van der Waals surface area contributed by atoms with Crippen LogP contribution < -0.4 is 0 Å². The minimum absolute atomic E-state index is 0.154. The highest BCUT2D eigenvalue weighted by Gasteiger charge is 2.17. The third-order valence-corrected chi connectivity index (χ3v) is 4.57. The summed E-state index contributed by atoms with van der Waals surface area (Å²) in [5.74, 6) is -0.329. The Morgan fingerprint density at radius 1 is 1.25 bits per heavy atom. The molecule has 112 valence electrons. The molecule has 1 aromatic carbocycles. The first-order chi connectivity index (χ1) is 9.27. The van der Waals surface area contributed by atoms with Crippen LogP contribution in [0.3, 0.4) is 0 Å². The van der Waals surface area contributed by atoms with Crippen molar-refractivity contribution in [2.75, 3.05) is 34.8 Å². The molecule has 0 saturated heterocycles. The van der Waals surface area contributed by atoms with E-state index in [4.69, 9.17) is 0 Å². The fourth-order valence-electron chi connectivity index (χ4n) is 1.67. The van der Waals surface area contributed by atoms with Gasteiger partial charge in [0.05, 0.1) is 18.6 Å². The zero-order valence-corrected chi connectivity index (χ0v) is 13.0. The molecule has 0 radical (unpaired) electrons. The number of sulfonamides is 1. The molecule has 0 aromatic heterocycles. The minimum atomic E-state index is -3.44. The lowest BCUT2D eigenvalue weighted by molar-refractivity contribution is -0.141. The number of nitrogens with zero attached hydrogens (tertiary/aromatic N) is 2. The van der Waals surface area contributed by atoms with Gasteiger partial charge in [0.2, 0.25) is 10.0 Å². The predicted octanol–water partition coefficient (Wildman–Crippen LogP) is 0.542. The highest BCUT2D eigenvalue weighted by Crippen LogP contribution is 2.15. The van der Waals surface area contributed by atoms with Crippen LogP contribution in [0.4, 0.5) is 0 Å². The van der Waals surface area contributed by atoms with E-state index in [0.29, 0.717) is 6.54 Å². The maximum Gasteiger partial charge on any atom is 0.319 e. The molecule has 0 aliphatic carbocycles. The van der Waals surface area contributed by atoms with Crippen molar-refractivity contribution in [2.24, 2.45) is 0 Å². The first-order valence-electron chi connectivity index (χ1n) is 6.04. The molecule has 1 aromatic rings. The number of hydrogen-bond donors (Lipinski definition) is 0. The molecule has 0 fully saturated rings. The van der Waals surface area contributed by atoms with Gasteiger partial charge in [0, 0.05) is 20.6 Å². The van der Waals surface area contributed by atoms with Gasteiger partial charge in [-0.3, -0.25) is 9.69 Å². The van der Waals surface area contributed by atoms with Crippen molar-refractivity contribution in [1.29, 1.82) is 0 Å². The van der Waals surface area contributed by atoms with E-state index in [-0.39, 0.29) is 17.4 Å². The summed E-state index contributed by atoms with van der Waals surface area (Å²) in [6, 6.07) is 6.68. The summed E-state index contributed by atoms with van der Waals surface area (Å²) >= 11 is 0. The molecular formula is C13H20N2O4S. The van der Waals surface area contributed by atoms with Gasteiger partial charge >= 0.3 is 5.97 Å². The summed E-state index contributed by atoms with van der Waals surface area (Å²) in [6.45, 7) is 0.618. The molecule has 0 spiro atoms. The zero-order valence-electron chi connectivity index (χ0n) is 12.2. The van der Waals surface area contributed by atoms with Gasteiger partial charge in [0.25, 0.3) is 0 Å². The van der Waals surface area contributed by atoms with Crippen LogP contribution in [0.2, 0.25) is 0 Å². The minimum Gasteiger partial charge on any atom is -0.468 e. The number of ether oxygens (including phenoxy) is 1. The van der Waals surface area contributed by atoms with Crippen LogP contribution in [0.25, 0.3) is 0 Å². The summed E-state index contributed by atoms with van der Waals surface area (Å²) in [6.07, 6.45) is 0. The second-order valence-electron chi connectivity index (χ2n) is 4.68. The summed E-state index contributed by atoms with van der Waals surface area (Å²) in [4.78, 5) is 13.2. The summed E-state index contributed by atoms with van der Waals surface area (Å²) in [5, 5.41) is 0. The molecule has 0 amide bonds. The Bertz CT molecular complexity index is 569. The molecule has 0 heterocycles. The predicted molar refractivity (Wildman–Crippen MR) is 75.7 cm³/mol. The Balaban J connectivity index is 2.87. The third kappa shape index (κ3) is 4.29. The van der Waals surface area contributed by atoms with Crippen LogP contribution in [-0.4, -0.2) is 58.4 Å². The number of rotatable bonds is 6. The SMILES string of the molecule is COC(=O)CN(C)Cc1cccc(S(=O)(=O)N(C)C)c1. The molecule has 7 heteroatoms. The molecule has 0 aliphatic heterocycles. The summed E-state index contributed by atoms with van der Waals surface area (Å²) < 4.78 is 29.8. The highest BCUT2D eigenvalue weighted by molar-refractivity contribution is 7.89. The van der Waals surface area contributed by atoms with Crippen molar-refractivity contribution < 1.29 is 17.9 Å². The zero-order chi connectivity index (χ0) is 15.3. The van der Waals surface area contributed by atoms with Crippen LogP contribution in [0.1, 0.15) is 5.56 Å². The van der Waals surface area contributed by atoms with Gasteiger partial charge in [0.1, 0.15) is 0 Å².